The van der Waals surface area contributed by atoms with Crippen molar-refractivity contribution in [2.24, 2.45) is 0 Å². The molecule has 0 bridgehead atoms. The van der Waals surface area contributed by atoms with Crippen molar-refractivity contribution >= 4 is 11.9 Å². The van der Waals surface area contributed by atoms with Gasteiger partial charge in [0.15, 0.2) is 0 Å². The fraction of sp³-hybridized carbons (Fsp3) is 0. The highest BCUT2D eigenvalue weighted by Crippen LogP contribution is 2.05. The second kappa shape index (κ2) is 1.70. The maximum absolute atomic E-state index is 6.94. The van der Waals surface area contributed by atoms with Crippen molar-refractivity contribution in [3.8, 4) is 0 Å². The van der Waals surface area contributed by atoms with Gasteiger partial charge in [-0.3, -0.25) is 0 Å². The van der Waals surface area contributed by atoms with Gasteiger partial charge in [-0.25, -0.2) is 0 Å². The fourth-order valence-corrected chi connectivity index (χ4v) is 0.840. The molecule has 50 valence electrons. The van der Waals surface area contributed by atoms with Crippen LogP contribution in [0.5, 0.6) is 0 Å². The summed E-state index contributed by atoms with van der Waals surface area (Å²) in [5, 5.41) is 10.9. The van der Waals surface area contributed by atoms with Gasteiger partial charge in [0.05, 0.1) is 6.20 Å². The van der Waals surface area contributed by atoms with Crippen LogP contribution >= 0.6 is 0 Å². The highest BCUT2D eigenvalue weighted by Gasteiger charge is 2.00. The third kappa shape index (κ3) is 0.500. The minimum atomic E-state index is 0.653. The van der Waals surface area contributed by atoms with Crippen molar-refractivity contribution in [3.63, 3.8) is 0 Å². The van der Waals surface area contributed by atoms with Gasteiger partial charge in [0.25, 0.3) is 0 Å². The molecule has 0 atom stereocenters. The molecule has 0 aliphatic carbocycles. The number of oxazole rings is 1. The lowest BCUT2D eigenvalue weighted by atomic mass is 10.5. The number of fused-ring (bicyclic) bond motifs is 1. The molecule has 2 heterocycles. The Morgan fingerprint density at radius 1 is 1.70 bits per heavy atom. The lowest BCUT2D eigenvalue weighted by Crippen LogP contribution is -1.88. The van der Waals surface area contributed by atoms with Crippen LogP contribution in [0.4, 0.5) is 0 Å². The Labute approximate surface area is 56.6 Å². The predicted octanol–water partition coefficient (Wildman–Crippen LogP) is 0.925. The summed E-state index contributed by atoms with van der Waals surface area (Å²) in [6.07, 6.45) is 4.32. The standard InChI is InChI=1S/C6H5N3O/c7-3-5-4-10-6-1-2-8-9(5)6/h1-4,7H. The molecular weight excluding hydrogens is 130 g/mol. The van der Waals surface area contributed by atoms with E-state index >= 15 is 0 Å². The average molecular weight is 135 g/mol. The van der Waals surface area contributed by atoms with Gasteiger partial charge in [-0.05, 0) is 0 Å². The summed E-state index contributed by atoms with van der Waals surface area (Å²) in [5.74, 6) is 0. The maximum atomic E-state index is 6.94. The van der Waals surface area contributed by atoms with Crippen LogP contribution < -0.4 is 0 Å². The summed E-state index contributed by atoms with van der Waals surface area (Å²) in [5.41, 5.74) is 1.32. The van der Waals surface area contributed by atoms with Gasteiger partial charge in [-0.2, -0.15) is 9.61 Å². The topological polar surface area (TPSA) is 54.3 Å². The molecule has 4 nitrogen and oxygen atoms in total. The van der Waals surface area contributed by atoms with Crippen LogP contribution in [0.25, 0.3) is 5.71 Å². The van der Waals surface area contributed by atoms with E-state index in [2.05, 4.69) is 5.10 Å². The van der Waals surface area contributed by atoms with Crippen LogP contribution in [0.1, 0.15) is 5.69 Å². The second-order valence-electron chi connectivity index (χ2n) is 1.89. The first-order valence-electron chi connectivity index (χ1n) is 2.83. The van der Waals surface area contributed by atoms with E-state index in [-0.39, 0.29) is 0 Å². The fourth-order valence-electron chi connectivity index (χ4n) is 0.840. The molecule has 2 rings (SSSR count). The summed E-state index contributed by atoms with van der Waals surface area (Å²) >= 11 is 0. The summed E-state index contributed by atoms with van der Waals surface area (Å²) in [7, 11) is 0. The van der Waals surface area contributed by atoms with E-state index < -0.39 is 0 Å². The molecular formula is C6H5N3O. The van der Waals surface area contributed by atoms with E-state index in [1.165, 1.54) is 12.5 Å². The molecule has 0 spiro atoms. The first-order valence-corrected chi connectivity index (χ1v) is 2.83. The van der Waals surface area contributed by atoms with Gasteiger partial charge in [-0.15, -0.1) is 0 Å². The Bertz CT molecular complexity index is 360. The van der Waals surface area contributed by atoms with Gasteiger partial charge >= 0.3 is 0 Å². The Hall–Kier alpha value is -1.58. The molecule has 2 aromatic rings. The van der Waals surface area contributed by atoms with E-state index in [1.807, 2.05) is 0 Å². The molecule has 0 aromatic carbocycles. The summed E-state index contributed by atoms with van der Waals surface area (Å²) in [4.78, 5) is 0. The van der Waals surface area contributed by atoms with Crippen molar-refractivity contribution in [3.05, 3.63) is 24.2 Å². The highest BCUT2D eigenvalue weighted by atomic mass is 16.3. The number of hydrogen-bond acceptors (Lipinski definition) is 3. The number of aromatic nitrogens is 2. The zero-order valence-electron chi connectivity index (χ0n) is 5.11. The van der Waals surface area contributed by atoms with Crippen molar-refractivity contribution in [2.45, 2.75) is 0 Å². The van der Waals surface area contributed by atoms with Crippen LogP contribution in [0.2, 0.25) is 0 Å². The molecule has 0 amide bonds. The summed E-state index contributed by atoms with van der Waals surface area (Å²) in [6.45, 7) is 0. The SMILES string of the molecule is N=Cc1coc2ccnn12. The molecule has 0 saturated heterocycles. The van der Waals surface area contributed by atoms with Crippen LogP contribution in [-0.4, -0.2) is 15.8 Å². The third-order valence-corrected chi connectivity index (χ3v) is 1.30. The zero-order valence-corrected chi connectivity index (χ0v) is 5.11. The molecule has 1 N–H and O–H groups in total. The molecule has 4 heteroatoms. The summed E-state index contributed by atoms with van der Waals surface area (Å²) < 4.78 is 6.59. The van der Waals surface area contributed by atoms with Crippen LogP contribution in [-0.2, 0) is 0 Å². The Morgan fingerprint density at radius 3 is 3.40 bits per heavy atom. The average Bonchev–Trinajstić information content (AvgIpc) is 2.44. The van der Waals surface area contributed by atoms with Crippen LogP contribution in [0.3, 0.4) is 0 Å². The van der Waals surface area contributed by atoms with Crippen molar-refractivity contribution < 1.29 is 4.42 Å². The molecule has 0 aliphatic heterocycles. The van der Waals surface area contributed by atoms with Crippen molar-refractivity contribution in [1.82, 2.24) is 9.61 Å². The first kappa shape index (κ1) is 5.22. The number of nitrogens with one attached hydrogen (secondary N) is 1. The maximum Gasteiger partial charge on any atom is 0.221 e. The van der Waals surface area contributed by atoms with Crippen LogP contribution in [0.15, 0.2) is 22.9 Å². The number of rotatable bonds is 1. The normalized spacial score (nSPS) is 10.4. The minimum Gasteiger partial charge on any atom is -0.444 e. The molecule has 0 fully saturated rings. The van der Waals surface area contributed by atoms with Gasteiger partial charge in [-0.1, -0.05) is 0 Å². The van der Waals surface area contributed by atoms with E-state index in [0.29, 0.717) is 11.4 Å². The number of nitrogens with zero attached hydrogens (tertiary/aromatic N) is 2. The lowest BCUT2D eigenvalue weighted by Gasteiger charge is -1.80. The van der Waals surface area contributed by atoms with Gasteiger partial charge in [0.1, 0.15) is 12.0 Å². The Kier molecular flexibility index (Phi) is 0.887. The summed E-state index contributed by atoms with van der Waals surface area (Å²) in [6, 6.07) is 1.74. The van der Waals surface area contributed by atoms with E-state index in [1.54, 1.807) is 16.8 Å². The second-order valence-corrected chi connectivity index (χ2v) is 1.89. The molecule has 0 saturated carbocycles. The van der Waals surface area contributed by atoms with Crippen molar-refractivity contribution in [2.75, 3.05) is 0 Å². The quantitative estimate of drug-likeness (QED) is 0.591. The Balaban J connectivity index is 2.88. The smallest absolute Gasteiger partial charge is 0.221 e. The van der Waals surface area contributed by atoms with E-state index in [0.717, 1.165) is 0 Å². The molecule has 0 aliphatic rings. The predicted molar refractivity (Wildman–Crippen MR) is 35.3 cm³/mol. The molecule has 10 heavy (non-hydrogen) atoms. The minimum absolute atomic E-state index is 0.653. The third-order valence-electron chi connectivity index (χ3n) is 1.30. The van der Waals surface area contributed by atoms with Gasteiger partial charge in [0, 0.05) is 12.3 Å². The first-order chi connectivity index (χ1) is 4.92. The van der Waals surface area contributed by atoms with E-state index in [9.17, 15) is 0 Å². The largest absolute Gasteiger partial charge is 0.444 e. The van der Waals surface area contributed by atoms with E-state index in [4.69, 9.17) is 9.83 Å². The van der Waals surface area contributed by atoms with Gasteiger partial charge < -0.3 is 9.83 Å². The Morgan fingerprint density at radius 2 is 2.60 bits per heavy atom. The van der Waals surface area contributed by atoms with Gasteiger partial charge in [0.2, 0.25) is 5.71 Å². The zero-order chi connectivity index (χ0) is 6.97. The monoisotopic (exact) mass is 135 g/mol. The van der Waals surface area contributed by atoms with Crippen molar-refractivity contribution in [1.29, 1.82) is 5.41 Å². The van der Waals surface area contributed by atoms with Crippen LogP contribution in [0, 0.1) is 5.41 Å². The molecule has 0 radical (unpaired) electrons. The molecule has 0 unspecified atom stereocenters. The lowest BCUT2D eigenvalue weighted by molar-refractivity contribution is 0.606. The highest BCUT2D eigenvalue weighted by molar-refractivity contribution is 5.74. The number of hydrogen-bond donors (Lipinski definition) is 1. The molecule has 2 aromatic heterocycles.